The number of anilines is 1. The van der Waals surface area contributed by atoms with Gasteiger partial charge in [0.05, 0.1) is 5.69 Å². The van der Waals surface area contributed by atoms with Crippen LogP contribution in [0.1, 0.15) is 6.42 Å². The van der Waals surface area contributed by atoms with Crippen molar-refractivity contribution in [2.75, 3.05) is 11.9 Å². The molecule has 0 radical (unpaired) electrons. The van der Waals surface area contributed by atoms with Crippen molar-refractivity contribution in [3.63, 3.8) is 0 Å². The van der Waals surface area contributed by atoms with Gasteiger partial charge in [-0.15, -0.1) is 0 Å². The highest BCUT2D eigenvalue weighted by atomic mass is 19.2. The van der Waals surface area contributed by atoms with Crippen LogP contribution in [-0.2, 0) is 6.54 Å². The summed E-state index contributed by atoms with van der Waals surface area (Å²) in [6.45, 7) is 1.34. The van der Waals surface area contributed by atoms with Crippen molar-refractivity contribution in [1.82, 2.24) is 14.5 Å². The summed E-state index contributed by atoms with van der Waals surface area (Å²) in [7, 11) is 0. The topological polar surface area (TPSA) is 62.7 Å². The number of nitrogens with zero attached hydrogens (tertiary/aromatic N) is 2. The summed E-state index contributed by atoms with van der Waals surface area (Å²) in [5.74, 6) is -2.76. The Hall–Kier alpha value is -3.55. The first kappa shape index (κ1) is 17.5. The molecule has 4 aromatic rings. The van der Waals surface area contributed by atoms with Crippen molar-refractivity contribution >= 4 is 16.9 Å². The van der Waals surface area contributed by atoms with Crippen LogP contribution in [0.15, 0.2) is 47.3 Å². The van der Waals surface area contributed by atoms with Crippen molar-refractivity contribution < 1.29 is 13.2 Å². The van der Waals surface area contributed by atoms with Gasteiger partial charge in [-0.1, -0.05) is 6.07 Å². The highest BCUT2D eigenvalue weighted by molar-refractivity contribution is 5.88. The Morgan fingerprint density at radius 3 is 2.76 bits per heavy atom. The van der Waals surface area contributed by atoms with E-state index >= 15 is 0 Å². The fraction of sp³-hybridized carbons (Fsp3) is 0.143. The molecule has 0 amide bonds. The lowest BCUT2D eigenvalue weighted by Gasteiger charge is -2.18. The molecule has 8 heteroatoms. The van der Waals surface area contributed by atoms with Crippen LogP contribution in [0, 0.1) is 17.5 Å². The molecule has 0 unspecified atom stereocenters. The summed E-state index contributed by atoms with van der Waals surface area (Å²) in [5.41, 5.74) is 1.63. The fourth-order valence-corrected chi connectivity index (χ4v) is 3.75. The van der Waals surface area contributed by atoms with E-state index in [-0.39, 0.29) is 16.8 Å². The molecule has 29 heavy (non-hydrogen) atoms. The van der Waals surface area contributed by atoms with Gasteiger partial charge >= 0.3 is 0 Å². The van der Waals surface area contributed by atoms with Gasteiger partial charge in [0.25, 0.3) is 0 Å². The van der Waals surface area contributed by atoms with Crippen molar-refractivity contribution in [2.24, 2.45) is 0 Å². The molecule has 0 saturated heterocycles. The van der Waals surface area contributed by atoms with Crippen LogP contribution in [0.4, 0.5) is 19.1 Å². The highest BCUT2D eigenvalue weighted by Crippen LogP contribution is 2.38. The van der Waals surface area contributed by atoms with Crippen LogP contribution in [-0.4, -0.2) is 21.1 Å². The third kappa shape index (κ3) is 2.88. The first-order chi connectivity index (χ1) is 14.0. The summed E-state index contributed by atoms with van der Waals surface area (Å²) >= 11 is 0. The van der Waals surface area contributed by atoms with Gasteiger partial charge in [-0.25, -0.2) is 18.2 Å². The number of aromatic nitrogens is 3. The van der Waals surface area contributed by atoms with Crippen molar-refractivity contribution in [2.45, 2.75) is 13.0 Å². The lowest BCUT2D eigenvalue weighted by Crippen LogP contribution is -2.17. The summed E-state index contributed by atoms with van der Waals surface area (Å²) < 4.78 is 44.2. The SMILES string of the molecule is O=c1ccc2cc(-c3c(-c4cc(F)cc(F)c4F)nc4n3CCCN4)ccc2[nH]1. The molecule has 0 fully saturated rings. The second kappa shape index (κ2) is 6.51. The van der Waals surface area contributed by atoms with Crippen LogP contribution in [0.25, 0.3) is 33.4 Å². The van der Waals surface area contributed by atoms with E-state index < -0.39 is 17.5 Å². The third-order valence-electron chi connectivity index (χ3n) is 5.05. The lowest BCUT2D eigenvalue weighted by atomic mass is 10.0. The molecule has 5 nitrogen and oxygen atoms in total. The zero-order valence-electron chi connectivity index (χ0n) is 15.1. The number of aromatic amines is 1. The van der Waals surface area contributed by atoms with E-state index in [0.717, 1.165) is 17.9 Å². The van der Waals surface area contributed by atoms with E-state index in [2.05, 4.69) is 15.3 Å². The van der Waals surface area contributed by atoms with E-state index in [1.807, 2.05) is 10.6 Å². The standard InChI is InChI=1S/C21H15F3N4O/c22-13-9-14(18(24)15(23)10-13)19-20(28-7-1-6-25-21(28)27-19)12-2-4-16-11(8-12)3-5-17(29)26-16/h2-5,8-10H,1,6-7H2,(H,25,27)(H,26,29). The number of imidazole rings is 1. The summed E-state index contributed by atoms with van der Waals surface area (Å²) in [6, 6.07) is 9.92. The minimum atomic E-state index is -1.26. The van der Waals surface area contributed by atoms with Gasteiger partial charge in [-0.2, -0.15) is 0 Å². The van der Waals surface area contributed by atoms with E-state index in [4.69, 9.17) is 0 Å². The minimum Gasteiger partial charge on any atom is -0.356 e. The molecule has 1 aliphatic rings. The Kier molecular flexibility index (Phi) is 3.94. The number of rotatable bonds is 2. The number of fused-ring (bicyclic) bond motifs is 2. The monoisotopic (exact) mass is 396 g/mol. The van der Waals surface area contributed by atoms with Gasteiger partial charge in [0, 0.05) is 41.9 Å². The maximum atomic E-state index is 14.6. The zero-order valence-corrected chi connectivity index (χ0v) is 15.1. The number of nitrogens with one attached hydrogen (secondary N) is 2. The predicted octanol–water partition coefficient (Wildman–Crippen LogP) is 4.29. The number of H-pyrrole nitrogens is 1. The van der Waals surface area contributed by atoms with E-state index in [1.165, 1.54) is 6.07 Å². The van der Waals surface area contributed by atoms with Crippen LogP contribution < -0.4 is 10.9 Å². The Bertz CT molecular complexity index is 1330. The predicted molar refractivity (Wildman–Crippen MR) is 104 cm³/mol. The molecule has 5 rings (SSSR count). The van der Waals surface area contributed by atoms with Crippen LogP contribution in [0.2, 0.25) is 0 Å². The Labute approximate surface area is 162 Å². The van der Waals surface area contributed by atoms with Gasteiger partial charge in [0.1, 0.15) is 11.5 Å². The summed E-state index contributed by atoms with van der Waals surface area (Å²) in [6.07, 6.45) is 0.830. The van der Waals surface area contributed by atoms with E-state index in [0.29, 0.717) is 41.9 Å². The Morgan fingerprint density at radius 2 is 1.90 bits per heavy atom. The zero-order chi connectivity index (χ0) is 20.1. The van der Waals surface area contributed by atoms with Gasteiger partial charge in [0.15, 0.2) is 11.6 Å². The first-order valence-electron chi connectivity index (χ1n) is 9.14. The lowest BCUT2D eigenvalue weighted by molar-refractivity contribution is 0.497. The van der Waals surface area contributed by atoms with Crippen molar-refractivity contribution in [3.8, 4) is 22.5 Å². The molecule has 146 valence electrons. The maximum absolute atomic E-state index is 14.6. The molecule has 0 spiro atoms. The van der Waals surface area contributed by atoms with Gasteiger partial charge in [-0.3, -0.25) is 4.79 Å². The molecule has 1 aliphatic heterocycles. The Morgan fingerprint density at radius 1 is 1.03 bits per heavy atom. The van der Waals surface area contributed by atoms with Gasteiger partial charge < -0.3 is 14.9 Å². The van der Waals surface area contributed by atoms with Crippen LogP contribution >= 0.6 is 0 Å². The number of halogens is 3. The van der Waals surface area contributed by atoms with Crippen LogP contribution in [0.3, 0.4) is 0 Å². The maximum Gasteiger partial charge on any atom is 0.248 e. The molecular formula is C21H15F3N4O. The highest BCUT2D eigenvalue weighted by Gasteiger charge is 2.25. The quantitative estimate of drug-likeness (QED) is 0.497. The summed E-state index contributed by atoms with van der Waals surface area (Å²) in [4.78, 5) is 18.7. The molecule has 2 aromatic carbocycles. The van der Waals surface area contributed by atoms with E-state index in [1.54, 1.807) is 18.2 Å². The average molecular weight is 396 g/mol. The van der Waals surface area contributed by atoms with Crippen molar-refractivity contribution in [1.29, 1.82) is 0 Å². The van der Waals surface area contributed by atoms with Crippen molar-refractivity contribution in [3.05, 3.63) is 70.3 Å². The number of benzene rings is 2. The minimum absolute atomic E-state index is 0.161. The van der Waals surface area contributed by atoms with Gasteiger partial charge in [0.2, 0.25) is 11.5 Å². The number of hydrogen-bond acceptors (Lipinski definition) is 3. The molecule has 0 saturated carbocycles. The molecule has 0 atom stereocenters. The van der Waals surface area contributed by atoms with Gasteiger partial charge in [-0.05, 0) is 36.1 Å². The largest absolute Gasteiger partial charge is 0.356 e. The van der Waals surface area contributed by atoms with Crippen LogP contribution in [0.5, 0.6) is 0 Å². The smallest absolute Gasteiger partial charge is 0.248 e. The average Bonchev–Trinajstić information content (AvgIpc) is 3.09. The molecule has 0 bridgehead atoms. The first-order valence-corrected chi connectivity index (χ1v) is 9.14. The molecule has 2 N–H and O–H groups in total. The molecule has 3 heterocycles. The van der Waals surface area contributed by atoms with E-state index in [9.17, 15) is 18.0 Å². The Balaban J connectivity index is 1.80. The third-order valence-corrected chi connectivity index (χ3v) is 5.05. The second-order valence-electron chi connectivity index (χ2n) is 6.94. The second-order valence-corrected chi connectivity index (χ2v) is 6.94. The normalized spacial score (nSPS) is 13.3. The number of pyridine rings is 1. The summed E-state index contributed by atoms with van der Waals surface area (Å²) in [5, 5.41) is 3.93. The fourth-order valence-electron chi connectivity index (χ4n) is 3.75. The molecular weight excluding hydrogens is 381 g/mol. The molecule has 0 aliphatic carbocycles. The number of hydrogen-bond donors (Lipinski definition) is 2. The molecule has 2 aromatic heterocycles.